The number of hydrogen-bond donors (Lipinski definition) is 1. The first-order valence-corrected chi connectivity index (χ1v) is 11.0. The van der Waals surface area contributed by atoms with Crippen LogP contribution in [0.4, 0.5) is 9.39 Å². The lowest BCUT2D eigenvalue weighted by Crippen LogP contribution is -2.41. The number of benzene rings is 1. The first-order valence-electron chi connectivity index (χ1n) is 8.65. The Bertz CT molecular complexity index is 1100. The van der Waals surface area contributed by atoms with Crippen molar-refractivity contribution in [1.82, 2.24) is 4.31 Å². The first kappa shape index (κ1) is 21.8. The average Bonchev–Trinajstić information content (AvgIpc) is 3.19. The molecule has 0 aliphatic carbocycles. The summed E-state index contributed by atoms with van der Waals surface area (Å²) in [6.07, 6.45) is 0. The van der Waals surface area contributed by atoms with E-state index in [-0.39, 0.29) is 37.4 Å². The maximum Gasteiger partial charge on any atom is 0.338 e. The van der Waals surface area contributed by atoms with Gasteiger partial charge in [-0.15, -0.1) is 11.3 Å². The Hall–Kier alpha value is -2.85. The molecule has 1 saturated heterocycles. The molecule has 0 unspecified atom stereocenters. The summed E-state index contributed by atoms with van der Waals surface area (Å²) in [6, 6.07) is 6.25. The highest BCUT2D eigenvalue weighted by Gasteiger charge is 2.30. The minimum absolute atomic E-state index is 0.0734. The Labute approximate surface area is 175 Å². The molecule has 1 aromatic carbocycles. The Morgan fingerprint density at radius 1 is 1.30 bits per heavy atom. The number of nitrogens with one attached hydrogen (secondary N) is 1. The molecule has 9 nitrogen and oxygen atoms in total. The van der Waals surface area contributed by atoms with Crippen molar-refractivity contribution in [3.8, 4) is 6.07 Å². The maximum atomic E-state index is 14.2. The minimum Gasteiger partial charge on any atom is -0.452 e. The van der Waals surface area contributed by atoms with Crippen molar-refractivity contribution in [1.29, 1.82) is 5.26 Å². The summed E-state index contributed by atoms with van der Waals surface area (Å²) in [5, 5.41) is 13.3. The SMILES string of the molecule is N#Cc1ccsc1NC(=O)COC(=O)c1ccc(F)c(S(=O)(=O)N2CCOCC2)c1. The van der Waals surface area contributed by atoms with Gasteiger partial charge in [0.2, 0.25) is 10.0 Å². The maximum absolute atomic E-state index is 14.2. The fourth-order valence-electron chi connectivity index (χ4n) is 2.63. The van der Waals surface area contributed by atoms with Gasteiger partial charge in [-0.2, -0.15) is 9.57 Å². The number of thiophene rings is 1. The molecule has 12 heteroatoms. The third-order valence-corrected chi connectivity index (χ3v) is 6.87. The number of anilines is 1. The summed E-state index contributed by atoms with van der Waals surface area (Å²) >= 11 is 1.14. The number of esters is 1. The lowest BCUT2D eigenvalue weighted by Gasteiger charge is -2.26. The van der Waals surface area contributed by atoms with Crippen LogP contribution in [0.15, 0.2) is 34.5 Å². The number of rotatable bonds is 6. The van der Waals surface area contributed by atoms with Gasteiger partial charge in [0, 0.05) is 13.1 Å². The van der Waals surface area contributed by atoms with Gasteiger partial charge in [0.1, 0.15) is 21.8 Å². The van der Waals surface area contributed by atoms with E-state index < -0.39 is 39.2 Å². The molecule has 1 aliphatic rings. The lowest BCUT2D eigenvalue weighted by atomic mass is 10.2. The number of hydrogen-bond acceptors (Lipinski definition) is 8. The highest BCUT2D eigenvalue weighted by Crippen LogP contribution is 2.23. The van der Waals surface area contributed by atoms with Gasteiger partial charge in [-0.3, -0.25) is 4.79 Å². The Balaban J connectivity index is 1.68. The normalized spacial score (nSPS) is 14.7. The third kappa shape index (κ3) is 4.82. The lowest BCUT2D eigenvalue weighted by molar-refractivity contribution is -0.119. The average molecular weight is 453 g/mol. The van der Waals surface area contributed by atoms with Gasteiger partial charge in [-0.25, -0.2) is 17.6 Å². The fraction of sp³-hybridized carbons (Fsp3) is 0.278. The van der Waals surface area contributed by atoms with Crippen molar-refractivity contribution in [3.05, 3.63) is 46.6 Å². The van der Waals surface area contributed by atoms with Crippen LogP contribution in [0.2, 0.25) is 0 Å². The molecule has 0 spiro atoms. The number of sulfonamides is 1. The summed E-state index contributed by atoms with van der Waals surface area (Å²) in [5.41, 5.74) is 0.0565. The second kappa shape index (κ2) is 9.31. The van der Waals surface area contributed by atoms with Crippen LogP contribution >= 0.6 is 11.3 Å². The second-order valence-corrected chi connectivity index (χ2v) is 8.88. The fourth-order valence-corrected chi connectivity index (χ4v) is 4.88. The van der Waals surface area contributed by atoms with Gasteiger partial charge in [-0.1, -0.05) is 0 Å². The van der Waals surface area contributed by atoms with E-state index in [0.717, 1.165) is 33.8 Å². The standard InChI is InChI=1S/C18H16FN3O6S2/c19-14-2-1-12(9-15(14)30(25,26)22-4-6-27-7-5-22)18(24)28-11-16(23)21-17-13(10-20)3-8-29-17/h1-3,8-9H,4-7,11H2,(H,21,23). The third-order valence-electron chi connectivity index (χ3n) is 4.13. The zero-order chi connectivity index (χ0) is 21.7. The summed E-state index contributed by atoms with van der Waals surface area (Å²) in [7, 11) is -4.16. The molecule has 1 amide bonds. The molecule has 0 radical (unpaired) electrons. The van der Waals surface area contributed by atoms with Crippen molar-refractivity contribution >= 4 is 38.2 Å². The van der Waals surface area contributed by atoms with Crippen LogP contribution in [-0.4, -0.2) is 57.5 Å². The Morgan fingerprint density at radius 3 is 2.73 bits per heavy atom. The van der Waals surface area contributed by atoms with Gasteiger partial charge < -0.3 is 14.8 Å². The number of morpholine rings is 1. The molecular formula is C18H16FN3O6S2. The molecule has 1 N–H and O–H groups in total. The summed E-state index contributed by atoms with van der Waals surface area (Å²) in [5.74, 6) is -2.67. The highest BCUT2D eigenvalue weighted by atomic mass is 32.2. The van der Waals surface area contributed by atoms with E-state index in [0.29, 0.717) is 5.00 Å². The van der Waals surface area contributed by atoms with Crippen LogP contribution < -0.4 is 5.32 Å². The van der Waals surface area contributed by atoms with Crippen LogP contribution in [0.5, 0.6) is 0 Å². The molecule has 0 atom stereocenters. The van der Waals surface area contributed by atoms with Gasteiger partial charge in [-0.05, 0) is 29.6 Å². The number of nitriles is 1. The second-order valence-electron chi connectivity index (χ2n) is 6.06. The Morgan fingerprint density at radius 2 is 2.03 bits per heavy atom. The molecule has 1 aliphatic heterocycles. The van der Waals surface area contributed by atoms with E-state index in [9.17, 15) is 22.4 Å². The minimum atomic E-state index is -4.16. The molecule has 3 rings (SSSR count). The number of carbonyl (C=O) groups excluding carboxylic acids is 2. The van der Waals surface area contributed by atoms with Gasteiger partial charge in [0.15, 0.2) is 6.61 Å². The van der Waals surface area contributed by atoms with Crippen molar-refractivity contribution in [2.24, 2.45) is 0 Å². The van der Waals surface area contributed by atoms with Crippen LogP contribution in [0, 0.1) is 17.1 Å². The van der Waals surface area contributed by atoms with E-state index in [2.05, 4.69) is 5.32 Å². The topological polar surface area (TPSA) is 126 Å². The molecule has 2 heterocycles. The predicted molar refractivity (Wildman–Crippen MR) is 104 cm³/mol. The molecule has 30 heavy (non-hydrogen) atoms. The zero-order valence-corrected chi connectivity index (χ0v) is 17.1. The largest absolute Gasteiger partial charge is 0.452 e. The van der Waals surface area contributed by atoms with Crippen LogP contribution in [0.1, 0.15) is 15.9 Å². The molecule has 158 valence electrons. The van der Waals surface area contributed by atoms with Gasteiger partial charge in [0.25, 0.3) is 5.91 Å². The van der Waals surface area contributed by atoms with Crippen LogP contribution in [0.3, 0.4) is 0 Å². The van der Waals surface area contributed by atoms with Crippen molar-refractivity contribution in [2.75, 3.05) is 38.2 Å². The number of halogens is 1. The molecule has 2 aromatic rings. The van der Waals surface area contributed by atoms with Gasteiger partial charge >= 0.3 is 5.97 Å². The van der Waals surface area contributed by atoms with Crippen LogP contribution in [0.25, 0.3) is 0 Å². The summed E-state index contributed by atoms with van der Waals surface area (Å²) in [4.78, 5) is 23.5. The van der Waals surface area contributed by atoms with E-state index in [1.807, 2.05) is 6.07 Å². The highest BCUT2D eigenvalue weighted by molar-refractivity contribution is 7.89. The smallest absolute Gasteiger partial charge is 0.338 e. The molecule has 1 aromatic heterocycles. The van der Waals surface area contributed by atoms with Crippen molar-refractivity contribution < 1.29 is 31.9 Å². The molecule has 1 fully saturated rings. The monoisotopic (exact) mass is 453 g/mol. The number of amides is 1. The predicted octanol–water partition coefficient (Wildman–Crippen LogP) is 1.58. The quantitative estimate of drug-likeness (QED) is 0.658. The summed E-state index contributed by atoms with van der Waals surface area (Å²) in [6.45, 7) is -0.135. The Kier molecular flexibility index (Phi) is 6.78. The van der Waals surface area contributed by atoms with Crippen molar-refractivity contribution in [2.45, 2.75) is 4.90 Å². The zero-order valence-electron chi connectivity index (χ0n) is 15.5. The van der Waals surface area contributed by atoms with Gasteiger partial charge in [0.05, 0.1) is 24.3 Å². The summed E-state index contributed by atoms with van der Waals surface area (Å²) < 4.78 is 50.6. The van der Waals surface area contributed by atoms with Crippen LogP contribution in [-0.2, 0) is 24.3 Å². The molecule has 0 bridgehead atoms. The van der Waals surface area contributed by atoms with E-state index >= 15 is 0 Å². The number of carbonyl (C=O) groups is 2. The molecular weight excluding hydrogens is 437 g/mol. The number of ether oxygens (including phenoxy) is 2. The van der Waals surface area contributed by atoms with Crippen molar-refractivity contribution in [3.63, 3.8) is 0 Å². The van der Waals surface area contributed by atoms with E-state index in [1.165, 1.54) is 6.07 Å². The molecule has 0 saturated carbocycles. The van der Waals surface area contributed by atoms with E-state index in [4.69, 9.17) is 14.7 Å². The first-order chi connectivity index (χ1) is 14.3. The number of nitrogens with zero attached hydrogens (tertiary/aromatic N) is 2. The van der Waals surface area contributed by atoms with E-state index in [1.54, 1.807) is 5.38 Å².